The summed E-state index contributed by atoms with van der Waals surface area (Å²) >= 11 is 3.41. The van der Waals surface area contributed by atoms with Crippen molar-refractivity contribution in [1.82, 2.24) is 9.88 Å². The van der Waals surface area contributed by atoms with Crippen LogP contribution in [0, 0.1) is 0 Å². The second-order valence-corrected chi connectivity index (χ2v) is 7.61. The van der Waals surface area contributed by atoms with Crippen molar-refractivity contribution in [1.29, 1.82) is 0 Å². The van der Waals surface area contributed by atoms with Gasteiger partial charge < -0.3 is 15.0 Å². The molecule has 1 N–H and O–H groups in total. The maximum Gasteiger partial charge on any atom is 0.255 e. The average molecular weight is 438 g/mol. The molecule has 4 rings (SSSR count). The second kappa shape index (κ2) is 8.44. The van der Waals surface area contributed by atoms with Crippen LogP contribution < -0.4 is 10.1 Å². The Labute approximate surface area is 172 Å². The standard InChI is InChI=1S/C22H20BrN3O2/c23-17-5-4-8-20(13-17)28-21-10-9-16(14-24-21)22(27)26-12-11-19(15-26)25-18-6-2-1-3-7-18/h1-10,13-14,19,25H,11-12,15H2. The van der Waals surface area contributed by atoms with E-state index in [2.05, 4.69) is 26.2 Å². The highest BCUT2D eigenvalue weighted by molar-refractivity contribution is 9.10. The fourth-order valence-corrected chi connectivity index (χ4v) is 3.61. The summed E-state index contributed by atoms with van der Waals surface area (Å²) in [6.07, 6.45) is 2.51. The van der Waals surface area contributed by atoms with Crippen molar-refractivity contribution in [3.05, 3.63) is 83.0 Å². The Bertz CT molecular complexity index is 948. The quantitative estimate of drug-likeness (QED) is 0.612. The molecule has 0 bridgehead atoms. The largest absolute Gasteiger partial charge is 0.439 e. The summed E-state index contributed by atoms with van der Waals surface area (Å²) in [5, 5.41) is 3.48. The third-order valence-electron chi connectivity index (χ3n) is 4.62. The van der Waals surface area contributed by atoms with Gasteiger partial charge in [-0.15, -0.1) is 0 Å². The summed E-state index contributed by atoms with van der Waals surface area (Å²) in [7, 11) is 0. The normalized spacial score (nSPS) is 16.0. The van der Waals surface area contributed by atoms with E-state index in [9.17, 15) is 4.79 Å². The van der Waals surface area contributed by atoms with Crippen molar-refractivity contribution in [2.24, 2.45) is 0 Å². The number of hydrogen-bond donors (Lipinski definition) is 1. The zero-order valence-corrected chi connectivity index (χ0v) is 16.8. The molecule has 1 amide bonds. The summed E-state index contributed by atoms with van der Waals surface area (Å²) < 4.78 is 6.66. The minimum Gasteiger partial charge on any atom is -0.439 e. The summed E-state index contributed by atoms with van der Waals surface area (Å²) in [5.41, 5.74) is 1.65. The van der Waals surface area contributed by atoms with Gasteiger partial charge in [0, 0.05) is 41.6 Å². The lowest BCUT2D eigenvalue weighted by atomic mass is 10.2. The van der Waals surface area contributed by atoms with Crippen LogP contribution in [0.4, 0.5) is 5.69 Å². The first-order chi connectivity index (χ1) is 13.7. The number of ether oxygens (including phenoxy) is 1. The van der Waals surface area contributed by atoms with Crippen LogP contribution >= 0.6 is 15.9 Å². The lowest BCUT2D eigenvalue weighted by Gasteiger charge is -2.18. The van der Waals surface area contributed by atoms with Crippen molar-refractivity contribution < 1.29 is 9.53 Å². The summed E-state index contributed by atoms with van der Waals surface area (Å²) in [4.78, 5) is 18.9. The fourth-order valence-electron chi connectivity index (χ4n) is 3.23. The van der Waals surface area contributed by atoms with Gasteiger partial charge in [0.1, 0.15) is 5.75 Å². The molecule has 0 aliphatic carbocycles. The molecule has 6 heteroatoms. The Morgan fingerprint density at radius 2 is 1.96 bits per heavy atom. The van der Waals surface area contributed by atoms with E-state index in [1.165, 1.54) is 0 Å². The average Bonchev–Trinajstić information content (AvgIpc) is 3.17. The highest BCUT2D eigenvalue weighted by Crippen LogP contribution is 2.24. The topological polar surface area (TPSA) is 54.5 Å². The first-order valence-electron chi connectivity index (χ1n) is 9.18. The van der Waals surface area contributed by atoms with E-state index in [0.717, 1.165) is 23.1 Å². The number of nitrogens with zero attached hydrogens (tertiary/aromatic N) is 2. The monoisotopic (exact) mass is 437 g/mol. The van der Waals surface area contributed by atoms with Gasteiger partial charge in [0.25, 0.3) is 5.91 Å². The number of carbonyl (C=O) groups is 1. The number of carbonyl (C=O) groups excluding carboxylic acids is 1. The van der Waals surface area contributed by atoms with Gasteiger partial charge >= 0.3 is 0 Å². The Morgan fingerprint density at radius 1 is 1.11 bits per heavy atom. The Kier molecular flexibility index (Phi) is 5.58. The van der Waals surface area contributed by atoms with Crippen LogP contribution in [-0.2, 0) is 0 Å². The summed E-state index contributed by atoms with van der Waals surface area (Å²) in [6, 6.07) is 21.4. The second-order valence-electron chi connectivity index (χ2n) is 6.69. The lowest BCUT2D eigenvalue weighted by molar-refractivity contribution is 0.0791. The van der Waals surface area contributed by atoms with Gasteiger partial charge in [-0.25, -0.2) is 4.98 Å². The molecule has 28 heavy (non-hydrogen) atoms. The molecule has 3 aromatic rings. The third kappa shape index (κ3) is 4.51. The van der Waals surface area contributed by atoms with E-state index >= 15 is 0 Å². The molecule has 2 heterocycles. The molecular formula is C22H20BrN3O2. The summed E-state index contributed by atoms with van der Waals surface area (Å²) in [5.74, 6) is 1.15. The highest BCUT2D eigenvalue weighted by atomic mass is 79.9. The number of hydrogen-bond acceptors (Lipinski definition) is 4. The number of para-hydroxylation sites is 1. The number of rotatable bonds is 5. The zero-order valence-electron chi connectivity index (χ0n) is 15.2. The van der Waals surface area contributed by atoms with Crippen LogP contribution in [0.1, 0.15) is 16.8 Å². The molecule has 1 atom stereocenters. The van der Waals surface area contributed by atoms with Gasteiger partial charge in [0.2, 0.25) is 5.88 Å². The number of amides is 1. The predicted octanol–water partition coefficient (Wildman–Crippen LogP) is 4.96. The van der Waals surface area contributed by atoms with Crippen LogP contribution in [-0.4, -0.2) is 34.9 Å². The third-order valence-corrected chi connectivity index (χ3v) is 5.12. The molecule has 1 saturated heterocycles. The Balaban J connectivity index is 1.36. The van der Waals surface area contributed by atoms with Gasteiger partial charge in [0.15, 0.2) is 0 Å². The zero-order chi connectivity index (χ0) is 19.3. The molecule has 0 spiro atoms. The first kappa shape index (κ1) is 18.5. The molecule has 0 radical (unpaired) electrons. The molecule has 1 aliphatic heterocycles. The minimum absolute atomic E-state index is 0.00105. The van der Waals surface area contributed by atoms with Gasteiger partial charge in [-0.3, -0.25) is 4.79 Å². The van der Waals surface area contributed by atoms with Crippen LogP contribution in [0.2, 0.25) is 0 Å². The lowest BCUT2D eigenvalue weighted by Crippen LogP contribution is -2.31. The van der Waals surface area contributed by atoms with Crippen LogP contribution in [0.15, 0.2) is 77.4 Å². The predicted molar refractivity (Wildman–Crippen MR) is 113 cm³/mol. The Hall–Kier alpha value is -2.86. The van der Waals surface area contributed by atoms with E-state index in [1.807, 2.05) is 59.5 Å². The number of benzene rings is 2. The molecule has 5 nitrogen and oxygen atoms in total. The SMILES string of the molecule is O=C(c1ccc(Oc2cccc(Br)c2)nc1)N1CCC(Nc2ccccc2)C1. The number of nitrogens with one attached hydrogen (secondary N) is 1. The number of anilines is 1. The summed E-state index contributed by atoms with van der Waals surface area (Å²) in [6.45, 7) is 1.42. The van der Waals surface area contributed by atoms with Gasteiger partial charge in [-0.05, 0) is 42.8 Å². The van der Waals surface area contributed by atoms with Crippen LogP contribution in [0.3, 0.4) is 0 Å². The van der Waals surface area contributed by atoms with E-state index in [-0.39, 0.29) is 11.9 Å². The van der Waals surface area contributed by atoms with E-state index in [1.54, 1.807) is 18.3 Å². The van der Waals surface area contributed by atoms with E-state index in [0.29, 0.717) is 23.7 Å². The highest BCUT2D eigenvalue weighted by Gasteiger charge is 2.27. The maximum atomic E-state index is 12.8. The maximum absolute atomic E-state index is 12.8. The number of likely N-dealkylation sites (tertiary alicyclic amines) is 1. The van der Waals surface area contributed by atoms with Crippen LogP contribution in [0.25, 0.3) is 0 Å². The molecule has 1 aromatic heterocycles. The fraction of sp³-hybridized carbons (Fsp3) is 0.182. The van der Waals surface area contributed by atoms with E-state index < -0.39 is 0 Å². The smallest absolute Gasteiger partial charge is 0.255 e. The van der Waals surface area contributed by atoms with Crippen molar-refractivity contribution in [2.75, 3.05) is 18.4 Å². The Morgan fingerprint density at radius 3 is 2.71 bits per heavy atom. The van der Waals surface area contributed by atoms with Crippen LogP contribution in [0.5, 0.6) is 11.6 Å². The molecule has 142 valence electrons. The molecule has 1 aliphatic rings. The molecule has 0 saturated carbocycles. The van der Waals surface area contributed by atoms with Crippen molar-refractivity contribution in [3.63, 3.8) is 0 Å². The van der Waals surface area contributed by atoms with Crippen molar-refractivity contribution in [2.45, 2.75) is 12.5 Å². The molecular weight excluding hydrogens is 418 g/mol. The van der Waals surface area contributed by atoms with Crippen molar-refractivity contribution in [3.8, 4) is 11.6 Å². The number of aromatic nitrogens is 1. The van der Waals surface area contributed by atoms with E-state index in [4.69, 9.17) is 4.74 Å². The van der Waals surface area contributed by atoms with Crippen molar-refractivity contribution >= 4 is 27.5 Å². The molecule has 1 unspecified atom stereocenters. The van der Waals surface area contributed by atoms with Gasteiger partial charge in [-0.1, -0.05) is 40.2 Å². The molecule has 2 aromatic carbocycles. The minimum atomic E-state index is -0.00105. The first-order valence-corrected chi connectivity index (χ1v) is 9.97. The number of pyridine rings is 1. The van der Waals surface area contributed by atoms with Gasteiger partial charge in [0.05, 0.1) is 5.56 Å². The van der Waals surface area contributed by atoms with Gasteiger partial charge in [-0.2, -0.15) is 0 Å². The number of halogens is 1. The molecule has 1 fully saturated rings.